The van der Waals surface area contributed by atoms with E-state index < -0.39 is 19.9 Å². The lowest BCUT2D eigenvalue weighted by atomic mass is 9.81. The fourth-order valence-corrected chi connectivity index (χ4v) is 4.86. The van der Waals surface area contributed by atoms with Crippen molar-refractivity contribution in [2.75, 3.05) is 18.1 Å². The largest absolute Gasteiger partial charge is 0.384 e. The van der Waals surface area contributed by atoms with Gasteiger partial charge in [-0.3, -0.25) is 0 Å². The van der Waals surface area contributed by atoms with Gasteiger partial charge in [0.1, 0.15) is 0 Å². The Labute approximate surface area is 144 Å². The van der Waals surface area contributed by atoms with Gasteiger partial charge in [0, 0.05) is 12.8 Å². The van der Waals surface area contributed by atoms with E-state index in [1.54, 1.807) is 0 Å². The van der Waals surface area contributed by atoms with Crippen LogP contribution in [0.25, 0.3) is 0 Å². The van der Waals surface area contributed by atoms with Gasteiger partial charge in [-0.1, -0.05) is 26.2 Å². The van der Waals surface area contributed by atoms with Crippen LogP contribution in [0.2, 0.25) is 0 Å². The van der Waals surface area contributed by atoms with E-state index >= 15 is 0 Å². The van der Waals surface area contributed by atoms with Crippen molar-refractivity contribution in [3.8, 4) is 0 Å². The zero-order valence-corrected chi connectivity index (χ0v) is 15.8. The van der Waals surface area contributed by atoms with Gasteiger partial charge in [0.2, 0.25) is 10.0 Å². The highest BCUT2D eigenvalue weighted by molar-refractivity contribution is 7.91. The number of nitrogens with one attached hydrogen (secondary N) is 1. The molecule has 2 rings (SSSR count). The first-order valence-electron chi connectivity index (χ1n) is 8.18. The summed E-state index contributed by atoms with van der Waals surface area (Å²) in [6, 6.07) is 3.92. The van der Waals surface area contributed by atoms with Crippen LogP contribution in [0.4, 0.5) is 5.69 Å². The van der Waals surface area contributed by atoms with Crippen LogP contribution >= 0.6 is 0 Å². The van der Waals surface area contributed by atoms with Crippen molar-refractivity contribution in [1.82, 2.24) is 0 Å². The fourth-order valence-electron chi connectivity index (χ4n) is 3.37. The quantitative estimate of drug-likeness (QED) is 0.795. The molecule has 1 aliphatic carbocycles. The molecule has 6 nitrogen and oxygen atoms in total. The second-order valence-electron chi connectivity index (χ2n) is 6.83. The molecule has 1 saturated carbocycles. The number of rotatable bonds is 6. The summed E-state index contributed by atoms with van der Waals surface area (Å²) in [4.78, 5) is -0.236. The first-order chi connectivity index (χ1) is 11.1. The number of sulfone groups is 1. The number of primary sulfonamides is 1. The summed E-state index contributed by atoms with van der Waals surface area (Å²) < 4.78 is 46.8. The lowest BCUT2D eigenvalue weighted by Gasteiger charge is -2.26. The summed E-state index contributed by atoms with van der Waals surface area (Å²) in [7, 11) is -7.50. The zero-order valence-electron chi connectivity index (χ0n) is 14.2. The van der Waals surface area contributed by atoms with Crippen molar-refractivity contribution in [2.24, 2.45) is 17.0 Å². The molecule has 1 fully saturated rings. The number of sulfonamides is 1. The first kappa shape index (κ1) is 19.2. The summed E-state index contributed by atoms with van der Waals surface area (Å²) >= 11 is 0. The molecule has 0 spiro atoms. The summed E-state index contributed by atoms with van der Waals surface area (Å²) in [6.45, 7) is 2.93. The molecule has 2 unspecified atom stereocenters. The number of nitrogens with two attached hydrogens (primary N) is 1. The van der Waals surface area contributed by atoms with Gasteiger partial charge in [-0.25, -0.2) is 22.0 Å². The molecule has 1 aliphatic rings. The van der Waals surface area contributed by atoms with Crippen molar-refractivity contribution < 1.29 is 16.8 Å². The predicted octanol–water partition coefficient (Wildman–Crippen LogP) is 2.37. The molecule has 0 saturated heterocycles. The number of hydrogen-bond acceptors (Lipinski definition) is 5. The van der Waals surface area contributed by atoms with Crippen molar-refractivity contribution in [3.05, 3.63) is 18.2 Å². The van der Waals surface area contributed by atoms with Crippen LogP contribution in [0.5, 0.6) is 0 Å². The van der Waals surface area contributed by atoms with Gasteiger partial charge < -0.3 is 5.32 Å². The third kappa shape index (κ3) is 5.19. The Morgan fingerprint density at radius 3 is 2.50 bits per heavy atom. The van der Waals surface area contributed by atoms with E-state index in [0.29, 0.717) is 18.2 Å². The highest BCUT2D eigenvalue weighted by atomic mass is 32.2. The van der Waals surface area contributed by atoms with Crippen LogP contribution in [0.1, 0.15) is 39.0 Å². The zero-order chi connectivity index (χ0) is 18.0. The lowest BCUT2D eigenvalue weighted by Crippen LogP contribution is -2.18. The molecule has 0 aromatic heterocycles. The molecule has 1 aromatic rings. The Bertz CT molecular complexity index is 788. The average Bonchev–Trinajstić information content (AvgIpc) is 2.45. The molecule has 1 aromatic carbocycles. The average molecular weight is 375 g/mol. The van der Waals surface area contributed by atoms with E-state index in [0.717, 1.165) is 24.7 Å². The Hall–Kier alpha value is -1.12. The molecule has 2 atom stereocenters. The van der Waals surface area contributed by atoms with Crippen molar-refractivity contribution >= 4 is 25.5 Å². The second-order valence-corrected chi connectivity index (χ2v) is 10.4. The summed E-state index contributed by atoms with van der Waals surface area (Å²) in [5.74, 6) is 1.41. The fraction of sp³-hybridized carbons (Fsp3) is 0.625. The molecule has 136 valence electrons. The highest BCUT2D eigenvalue weighted by Gasteiger charge is 2.20. The number of benzene rings is 1. The van der Waals surface area contributed by atoms with Crippen LogP contribution in [-0.2, 0) is 19.9 Å². The molecule has 0 amide bonds. The summed E-state index contributed by atoms with van der Waals surface area (Å²) in [5.41, 5.74) is 0.425. The number of anilines is 1. The predicted molar refractivity (Wildman–Crippen MR) is 95.2 cm³/mol. The Morgan fingerprint density at radius 2 is 1.92 bits per heavy atom. The van der Waals surface area contributed by atoms with Gasteiger partial charge in [0.15, 0.2) is 9.84 Å². The van der Waals surface area contributed by atoms with Gasteiger partial charge in [-0.05, 0) is 42.9 Å². The van der Waals surface area contributed by atoms with E-state index in [9.17, 15) is 16.8 Å². The third-order valence-electron chi connectivity index (χ3n) is 4.59. The topological polar surface area (TPSA) is 106 Å². The second kappa shape index (κ2) is 7.41. The van der Waals surface area contributed by atoms with E-state index in [1.807, 2.05) is 0 Å². The van der Waals surface area contributed by atoms with E-state index in [-0.39, 0.29) is 9.79 Å². The standard InChI is InChI=1S/C16H26N2O4S2/c1-12-4-3-5-13(10-12)8-9-18-15-7-6-14(24(17,21)22)11-16(15)23(2,19)20/h6-7,11-13,18H,3-5,8-10H2,1-2H3,(H2,17,21,22). The van der Waals surface area contributed by atoms with Crippen LogP contribution in [0.15, 0.2) is 28.0 Å². The van der Waals surface area contributed by atoms with E-state index in [4.69, 9.17) is 5.14 Å². The van der Waals surface area contributed by atoms with E-state index in [2.05, 4.69) is 12.2 Å². The maximum Gasteiger partial charge on any atom is 0.238 e. The first-order valence-corrected chi connectivity index (χ1v) is 11.6. The van der Waals surface area contributed by atoms with Crippen LogP contribution in [0.3, 0.4) is 0 Å². The highest BCUT2D eigenvalue weighted by Crippen LogP contribution is 2.31. The molecule has 0 aliphatic heterocycles. The van der Waals surface area contributed by atoms with Gasteiger partial charge in [0.05, 0.1) is 15.5 Å². The van der Waals surface area contributed by atoms with Crippen LogP contribution in [-0.4, -0.2) is 29.6 Å². The van der Waals surface area contributed by atoms with Gasteiger partial charge >= 0.3 is 0 Å². The molecule has 0 radical (unpaired) electrons. The molecule has 8 heteroatoms. The molecular formula is C16H26N2O4S2. The SMILES string of the molecule is CC1CCCC(CCNc2ccc(S(N)(=O)=O)cc2S(C)(=O)=O)C1. The third-order valence-corrected chi connectivity index (χ3v) is 6.64. The number of hydrogen-bond donors (Lipinski definition) is 2. The van der Waals surface area contributed by atoms with Crippen LogP contribution in [0, 0.1) is 11.8 Å². The van der Waals surface area contributed by atoms with Crippen molar-refractivity contribution in [2.45, 2.75) is 48.8 Å². The maximum atomic E-state index is 12.0. The minimum absolute atomic E-state index is 0.0361. The summed E-state index contributed by atoms with van der Waals surface area (Å²) in [6.07, 6.45) is 7.01. The van der Waals surface area contributed by atoms with Crippen molar-refractivity contribution in [3.63, 3.8) is 0 Å². The molecule has 3 N–H and O–H groups in total. The minimum Gasteiger partial charge on any atom is -0.384 e. The van der Waals surface area contributed by atoms with E-state index in [1.165, 1.54) is 37.8 Å². The van der Waals surface area contributed by atoms with Crippen LogP contribution < -0.4 is 10.5 Å². The molecule has 0 bridgehead atoms. The smallest absolute Gasteiger partial charge is 0.238 e. The van der Waals surface area contributed by atoms with Gasteiger partial charge in [0.25, 0.3) is 0 Å². The normalized spacial score (nSPS) is 22.3. The molecular weight excluding hydrogens is 348 g/mol. The Kier molecular flexibility index (Phi) is 5.93. The molecule has 24 heavy (non-hydrogen) atoms. The Morgan fingerprint density at radius 1 is 1.21 bits per heavy atom. The lowest BCUT2D eigenvalue weighted by molar-refractivity contribution is 0.274. The monoisotopic (exact) mass is 374 g/mol. The Balaban J connectivity index is 2.12. The van der Waals surface area contributed by atoms with Crippen molar-refractivity contribution in [1.29, 1.82) is 0 Å². The van der Waals surface area contributed by atoms with Gasteiger partial charge in [-0.15, -0.1) is 0 Å². The van der Waals surface area contributed by atoms with Gasteiger partial charge in [-0.2, -0.15) is 0 Å². The maximum absolute atomic E-state index is 12.0. The minimum atomic E-state index is -3.94. The molecule has 0 heterocycles. The summed E-state index contributed by atoms with van der Waals surface area (Å²) in [5, 5.41) is 8.23.